The van der Waals surface area contributed by atoms with Crippen molar-refractivity contribution < 1.29 is 0 Å². The molecule has 0 saturated heterocycles. The summed E-state index contributed by atoms with van der Waals surface area (Å²) >= 11 is 0. The normalized spacial score (nSPS) is 11.5. The molecule has 0 aliphatic rings. The number of benzene rings is 1. The summed E-state index contributed by atoms with van der Waals surface area (Å²) in [5.74, 6) is 0. The van der Waals surface area contributed by atoms with Crippen molar-refractivity contribution in [3.8, 4) is 0 Å². The number of aryl methyl sites for hydroxylation is 1. The SMILES string of the molecule is C.Cn1c2cncnc2c2c3[nH]c4nccnc4c3ccc21. The molecule has 0 fully saturated rings. The van der Waals surface area contributed by atoms with E-state index in [9.17, 15) is 0 Å². The molecule has 0 saturated carbocycles. The van der Waals surface area contributed by atoms with Crippen molar-refractivity contribution in [2.45, 2.75) is 7.43 Å². The molecular weight excluding hydrogens is 276 g/mol. The lowest BCUT2D eigenvalue weighted by atomic mass is 10.1. The van der Waals surface area contributed by atoms with Crippen molar-refractivity contribution in [3.05, 3.63) is 37.1 Å². The number of nitrogens with one attached hydrogen (secondary N) is 1. The van der Waals surface area contributed by atoms with Crippen LogP contribution in [0.25, 0.3) is 44.0 Å². The molecule has 0 amide bonds. The third kappa shape index (κ3) is 1.38. The van der Waals surface area contributed by atoms with Crippen LogP contribution in [-0.2, 0) is 7.05 Å². The zero-order valence-electron chi connectivity index (χ0n) is 11.2. The van der Waals surface area contributed by atoms with Crippen LogP contribution in [0.5, 0.6) is 0 Å². The maximum Gasteiger partial charge on any atom is 0.157 e. The molecule has 4 aromatic heterocycles. The Morgan fingerprint density at radius 1 is 1.00 bits per heavy atom. The van der Waals surface area contributed by atoms with Gasteiger partial charge in [0.1, 0.15) is 17.4 Å². The van der Waals surface area contributed by atoms with Crippen LogP contribution in [0.4, 0.5) is 0 Å². The maximum absolute atomic E-state index is 4.46. The van der Waals surface area contributed by atoms with Gasteiger partial charge in [-0.15, -0.1) is 0 Å². The Hall–Kier alpha value is -3.02. The van der Waals surface area contributed by atoms with E-state index in [1.54, 1.807) is 18.7 Å². The number of nitrogens with zero attached hydrogens (tertiary/aromatic N) is 5. The van der Waals surface area contributed by atoms with E-state index in [4.69, 9.17) is 0 Å². The molecule has 0 spiro atoms. The molecule has 0 bridgehead atoms. The molecular formula is C16H14N6. The third-order valence-corrected chi connectivity index (χ3v) is 4.03. The minimum atomic E-state index is 0. The van der Waals surface area contributed by atoms with Crippen LogP contribution in [0.1, 0.15) is 7.43 Å². The van der Waals surface area contributed by atoms with Gasteiger partial charge in [-0.2, -0.15) is 0 Å². The highest BCUT2D eigenvalue weighted by Crippen LogP contribution is 2.34. The molecule has 0 aliphatic carbocycles. The molecule has 5 aromatic rings. The Morgan fingerprint density at radius 3 is 2.77 bits per heavy atom. The van der Waals surface area contributed by atoms with Gasteiger partial charge in [-0.05, 0) is 12.1 Å². The van der Waals surface area contributed by atoms with Crippen molar-refractivity contribution in [3.63, 3.8) is 0 Å². The van der Waals surface area contributed by atoms with E-state index >= 15 is 0 Å². The van der Waals surface area contributed by atoms with Gasteiger partial charge >= 0.3 is 0 Å². The molecule has 1 N–H and O–H groups in total. The van der Waals surface area contributed by atoms with Gasteiger partial charge in [-0.25, -0.2) is 15.0 Å². The van der Waals surface area contributed by atoms with Crippen LogP contribution < -0.4 is 0 Å². The van der Waals surface area contributed by atoms with Gasteiger partial charge in [-0.3, -0.25) is 4.98 Å². The third-order valence-electron chi connectivity index (χ3n) is 4.03. The smallest absolute Gasteiger partial charge is 0.157 e. The second-order valence-electron chi connectivity index (χ2n) is 5.08. The molecule has 0 radical (unpaired) electrons. The highest BCUT2D eigenvalue weighted by atomic mass is 15.0. The summed E-state index contributed by atoms with van der Waals surface area (Å²) in [7, 11) is 2.03. The van der Waals surface area contributed by atoms with Crippen molar-refractivity contribution in [1.29, 1.82) is 0 Å². The Labute approximate surface area is 125 Å². The van der Waals surface area contributed by atoms with E-state index in [1.165, 1.54) is 0 Å². The average molecular weight is 290 g/mol. The van der Waals surface area contributed by atoms with E-state index in [2.05, 4.69) is 41.6 Å². The van der Waals surface area contributed by atoms with Crippen LogP contribution in [0.15, 0.2) is 37.1 Å². The van der Waals surface area contributed by atoms with Gasteiger partial charge < -0.3 is 9.55 Å². The first kappa shape index (κ1) is 12.7. The Kier molecular flexibility index (Phi) is 2.45. The van der Waals surface area contributed by atoms with Crippen LogP contribution in [0.3, 0.4) is 0 Å². The molecule has 22 heavy (non-hydrogen) atoms. The van der Waals surface area contributed by atoms with Gasteiger partial charge in [-0.1, -0.05) is 7.43 Å². The highest BCUT2D eigenvalue weighted by Gasteiger charge is 2.15. The zero-order valence-corrected chi connectivity index (χ0v) is 11.2. The number of hydrogen-bond donors (Lipinski definition) is 1. The first-order valence-electron chi connectivity index (χ1n) is 6.64. The fraction of sp³-hybridized carbons (Fsp3) is 0.125. The predicted molar refractivity (Wildman–Crippen MR) is 87.7 cm³/mol. The van der Waals surface area contributed by atoms with Gasteiger partial charge in [0, 0.05) is 24.8 Å². The number of fused-ring (bicyclic) bond motifs is 7. The second kappa shape index (κ2) is 4.24. The quantitative estimate of drug-likeness (QED) is 0.475. The summed E-state index contributed by atoms with van der Waals surface area (Å²) in [5.41, 5.74) is 5.79. The van der Waals surface area contributed by atoms with E-state index < -0.39 is 0 Å². The molecule has 4 heterocycles. The molecule has 0 aliphatic heterocycles. The van der Waals surface area contributed by atoms with E-state index in [0.29, 0.717) is 0 Å². The van der Waals surface area contributed by atoms with Crippen LogP contribution in [0, 0.1) is 0 Å². The van der Waals surface area contributed by atoms with Crippen molar-refractivity contribution >= 4 is 44.0 Å². The van der Waals surface area contributed by atoms with E-state index in [0.717, 1.165) is 44.0 Å². The Bertz CT molecular complexity index is 1150. The minimum absolute atomic E-state index is 0. The van der Waals surface area contributed by atoms with E-state index in [-0.39, 0.29) is 7.43 Å². The van der Waals surface area contributed by atoms with Crippen LogP contribution in [-0.4, -0.2) is 29.5 Å². The number of H-pyrrole nitrogens is 1. The fourth-order valence-electron chi connectivity index (χ4n) is 3.07. The number of aromatic nitrogens is 6. The van der Waals surface area contributed by atoms with Gasteiger partial charge in [0.05, 0.1) is 28.1 Å². The molecule has 6 nitrogen and oxygen atoms in total. The van der Waals surface area contributed by atoms with Gasteiger partial charge in [0.15, 0.2) is 5.65 Å². The summed E-state index contributed by atoms with van der Waals surface area (Å²) in [5, 5.41) is 2.16. The van der Waals surface area contributed by atoms with Crippen molar-refractivity contribution in [2.24, 2.45) is 7.05 Å². The zero-order chi connectivity index (χ0) is 14.0. The van der Waals surface area contributed by atoms with E-state index in [1.807, 2.05) is 13.2 Å². The molecule has 0 unspecified atom stereocenters. The summed E-state index contributed by atoms with van der Waals surface area (Å²) in [6.07, 6.45) is 6.83. The highest BCUT2D eigenvalue weighted by molar-refractivity contribution is 6.22. The lowest BCUT2D eigenvalue weighted by Crippen LogP contribution is -1.87. The largest absolute Gasteiger partial charge is 0.341 e. The Balaban J connectivity index is 0.00000125. The Morgan fingerprint density at radius 2 is 1.86 bits per heavy atom. The summed E-state index contributed by atoms with van der Waals surface area (Å²) in [4.78, 5) is 20.7. The maximum atomic E-state index is 4.46. The lowest BCUT2D eigenvalue weighted by molar-refractivity contribution is 1.00. The lowest BCUT2D eigenvalue weighted by Gasteiger charge is -1.97. The fourth-order valence-corrected chi connectivity index (χ4v) is 3.07. The minimum Gasteiger partial charge on any atom is -0.341 e. The standard InChI is InChI=1S/C15H10N6.CH4/c1-21-9-3-2-8-12(20-15-13(8)17-4-5-18-15)11(9)14-10(21)6-16-7-19-14;/h2-7H,1H3,(H,18,20);1H4. The van der Waals surface area contributed by atoms with Crippen molar-refractivity contribution in [2.75, 3.05) is 0 Å². The monoisotopic (exact) mass is 290 g/mol. The molecule has 5 rings (SSSR count). The summed E-state index contributed by atoms with van der Waals surface area (Å²) in [6.45, 7) is 0. The first-order valence-corrected chi connectivity index (χ1v) is 6.64. The topological polar surface area (TPSA) is 72.3 Å². The molecule has 1 aromatic carbocycles. The molecule has 6 heteroatoms. The van der Waals surface area contributed by atoms with Crippen LogP contribution in [0.2, 0.25) is 0 Å². The number of aromatic amines is 1. The number of hydrogen-bond acceptors (Lipinski definition) is 4. The average Bonchev–Trinajstić information content (AvgIpc) is 3.04. The van der Waals surface area contributed by atoms with Crippen molar-refractivity contribution in [1.82, 2.24) is 29.5 Å². The predicted octanol–water partition coefficient (Wildman–Crippen LogP) is 3.18. The summed E-state index contributed by atoms with van der Waals surface area (Å²) in [6, 6.07) is 4.18. The van der Waals surface area contributed by atoms with Crippen LogP contribution >= 0.6 is 0 Å². The van der Waals surface area contributed by atoms with Gasteiger partial charge in [0.2, 0.25) is 0 Å². The number of rotatable bonds is 0. The van der Waals surface area contributed by atoms with Gasteiger partial charge in [0.25, 0.3) is 0 Å². The summed E-state index contributed by atoms with van der Waals surface area (Å²) < 4.78 is 2.11. The molecule has 0 atom stereocenters. The molecule has 108 valence electrons. The second-order valence-corrected chi connectivity index (χ2v) is 5.08. The first-order chi connectivity index (χ1) is 10.3.